The summed E-state index contributed by atoms with van der Waals surface area (Å²) in [7, 11) is 0. The molecule has 14 nitrogen and oxygen atoms in total. The van der Waals surface area contributed by atoms with E-state index in [1.807, 2.05) is 41.0 Å². The third-order valence-corrected chi connectivity index (χ3v) is 7.14. The van der Waals surface area contributed by atoms with E-state index in [4.69, 9.17) is 37.9 Å². The molecule has 0 spiro atoms. The van der Waals surface area contributed by atoms with Gasteiger partial charge in [0.05, 0.1) is 5.69 Å². The number of H-pyrrole nitrogens is 1. The van der Waals surface area contributed by atoms with E-state index in [0.717, 1.165) is 24.2 Å². The zero-order valence-corrected chi connectivity index (χ0v) is 22.1. The van der Waals surface area contributed by atoms with E-state index in [0.29, 0.717) is 61.7 Å². The average Bonchev–Trinajstić information content (AvgIpc) is 3.16. The van der Waals surface area contributed by atoms with Gasteiger partial charge in [0.25, 0.3) is 5.56 Å². The molecule has 2 aliphatic rings. The normalized spacial score (nSPS) is 23.7. The van der Waals surface area contributed by atoms with Gasteiger partial charge < -0.3 is 43.2 Å². The molecule has 5 rings (SSSR count). The van der Waals surface area contributed by atoms with Gasteiger partial charge in [-0.2, -0.15) is 15.0 Å². The second kappa shape index (κ2) is 11.3. The summed E-state index contributed by atoms with van der Waals surface area (Å²) in [5.41, 5.74) is 27.5. The number of nitrogens with zero attached hydrogens (tertiary/aromatic N) is 6. The summed E-state index contributed by atoms with van der Waals surface area (Å²) in [5, 5.41) is 15.6. The number of benzene rings is 1. The van der Waals surface area contributed by atoms with Crippen LogP contribution in [-0.4, -0.2) is 86.8 Å². The summed E-state index contributed by atoms with van der Waals surface area (Å²) in [4.78, 5) is 30.9. The number of aromatic nitrogens is 5. The maximum atomic E-state index is 12.8. The van der Waals surface area contributed by atoms with Crippen molar-refractivity contribution in [2.24, 2.45) is 22.9 Å². The molecular formula is C25H38N12O2. The van der Waals surface area contributed by atoms with Crippen LogP contribution < -0.4 is 43.6 Å². The van der Waals surface area contributed by atoms with Gasteiger partial charge in [-0.15, -0.1) is 0 Å². The molecule has 0 radical (unpaired) electrons. The molecule has 1 aromatic carbocycles. The predicted octanol–water partition coefficient (Wildman–Crippen LogP) is -1.33. The molecule has 0 bridgehead atoms. The van der Waals surface area contributed by atoms with Crippen molar-refractivity contribution in [2.75, 3.05) is 47.9 Å². The smallest absolute Gasteiger partial charge is 0.274 e. The monoisotopic (exact) mass is 538 g/mol. The third-order valence-electron chi connectivity index (χ3n) is 7.14. The molecule has 4 heterocycles. The van der Waals surface area contributed by atoms with Gasteiger partial charge in [0.2, 0.25) is 17.8 Å². The minimum absolute atomic E-state index is 0.0762. The molecule has 0 amide bonds. The van der Waals surface area contributed by atoms with Crippen molar-refractivity contribution >= 4 is 23.5 Å². The van der Waals surface area contributed by atoms with E-state index in [1.54, 1.807) is 0 Å². The van der Waals surface area contributed by atoms with Gasteiger partial charge in [0.1, 0.15) is 0 Å². The Morgan fingerprint density at radius 1 is 0.897 bits per heavy atom. The lowest BCUT2D eigenvalue weighted by molar-refractivity contribution is 0.299. The Hall–Kier alpha value is -3.56. The quantitative estimate of drug-likeness (QED) is 0.186. The highest BCUT2D eigenvalue weighted by molar-refractivity contribution is 5.58. The van der Waals surface area contributed by atoms with Crippen LogP contribution in [0, 0.1) is 6.92 Å². The van der Waals surface area contributed by atoms with Gasteiger partial charge in [-0.05, 0) is 44.0 Å². The summed E-state index contributed by atoms with van der Waals surface area (Å²) >= 11 is 0. The Kier molecular flexibility index (Phi) is 7.81. The molecule has 0 aliphatic carbocycles. The maximum absolute atomic E-state index is 12.8. The van der Waals surface area contributed by atoms with Crippen LogP contribution in [0.4, 0.5) is 23.5 Å². The summed E-state index contributed by atoms with van der Waals surface area (Å²) in [5.74, 6) is 1.34. The Bertz CT molecular complexity index is 1280. The second-order valence-corrected chi connectivity index (χ2v) is 10.6. The third kappa shape index (κ3) is 6.04. The Labute approximate surface area is 226 Å². The van der Waals surface area contributed by atoms with Crippen LogP contribution >= 0.6 is 0 Å². The number of aromatic amines is 1. The van der Waals surface area contributed by atoms with Crippen LogP contribution in [0.3, 0.4) is 0 Å². The molecular weight excluding hydrogens is 500 g/mol. The van der Waals surface area contributed by atoms with Crippen LogP contribution in [-0.2, 0) is 6.42 Å². The Morgan fingerprint density at radius 3 is 1.90 bits per heavy atom. The van der Waals surface area contributed by atoms with Crippen molar-refractivity contribution in [3.63, 3.8) is 0 Å². The molecule has 4 unspecified atom stereocenters. The van der Waals surface area contributed by atoms with Gasteiger partial charge in [-0.3, -0.25) is 9.89 Å². The van der Waals surface area contributed by atoms with Crippen molar-refractivity contribution in [3.8, 4) is 5.69 Å². The molecule has 11 N–H and O–H groups in total. The fraction of sp³-hybridized carbons (Fsp3) is 0.520. The number of piperidine rings is 2. The number of nitrogens with one attached hydrogen (secondary N) is 2. The topological polar surface area (TPSA) is 219 Å². The molecule has 4 atom stereocenters. The van der Waals surface area contributed by atoms with Gasteiger partial charge in [-0.25, -0.2) is 4.68 Å². The van der Waals surface area contributed by atoms with E-state index in [-0.39, 0.29) is 36.3 Å². The number of aliphatic hydroxyl groups excluding tert-OH is 1. The van der Waals surface area contributed by atoms with E-state index in [9.17, 15) is 9.90 Å². The highest BCUT2D eigenvalue weighted by Crippen LogP contribution is 2.24. The molecule has 39 heavy (non-hydrogen) atoms. The molecule has 14 heteroatoms. The van der Waals surface area contributed by atoms with Crippen molar-refractivity contribution in [1.82, 2.24) is 24.7 Å². The highest BCUT2D eigenvalue weighted by atomic mass is 16.3. The molecule has 2 aliphatic heterocycles. The fourth-order valence-electron chi connectivity index (χ4n) is 5.37. The number of rotatable bonds is 7. The maximum Gasteiger partial charge on any atom is 0.274 e. The van der Waals surface area contributed by atoms with Gasteiger partial charge in [0, 0.05) is 80.3 Å². The minimum Gasteiger partial charge on any atom is -0.396 e. The first kappa shape index (κ1) is 27.0. The van der Waals surface area contributed by atoms with Crippen molar-refractivity contribution < 1.29 is 5.11 Å². The van der Waals surface area contributed by atoms with Crippen molar-refractivity contribution in [2.45, 2.75) is 50.4 Å². The number of aliphatic hydroxyl groups is 1. The van der Waals surface area contributed by atoms with E-state index < -0.39 is 0 Å². The fourth-order valence-corrected chi connectivity index (χ4v) is 5.37. The SMILES string of the molecule is Cc1[nH]n(-c2ccc(Nc3nc(N4CC(N)CC(N)C4)nc(N4CC(N)CC(N)C4)n3)cc2)c(=O)c1CCO. The zero-order valence-electron chi connectivity index (χ0n) is 22.1. The van der Waals surface area contributed by atoms with Crippen LogP contribution in [0.2, 0.25) is 0 Å². The number of hydrogen-bond acceptors (Lipinski definition) is 12. The standard InChI is InChI=1S/C25H38N12O2/c1-14-21(6-7-38)22(39)37(34-14)20-4-2-19(3-5-20)30-23-31-24(35-10-15(26)8-16(27)11-35)33-25(32-23)36-12-17(28)9-18(29)13-36/h2-5,15-18,34,38H,6-13,26-29H2,1H3,(H,30,31,32,33). The van der Waals surface area contributed by atoms with Gasteiger partial charge >= 0.3 is 0 Å². The molecule has 2 fully saturated rings. The average molecular weight is 539 g/mol. The molecule has 2 aromatic heterocycles. The van der Waals surface area contributed by atoms with Crippen molar-refractivity contribution in [3.05, 3.63) is 45.9 Å². The van der Waals surface area contributed by atoms with Crippen LogP contribution in [0.1, 0.15) is 24.1 Å². The van der Waals surface area contributed by atoms with Crippen molar-refractivity contribution in [1.29, 1.82) is 0 Å². The van der Waals surface area contributed by atoms with E-state index >= 15 is 0 Å². The first-order valence-corrected chi connectivity index (χ1v) is 13.3. The summed E-state index contributed by atoms with van der Waals surface area (Å²) in [6.45, 7) is 4.09. The predicted molar refractivity (Wildman–Crippen MR) is 151 cm³/mol. The van der Waals surface area contributed by atoms with E-state index in [2.05, 4.69) is 10.4 Å². The lowest BCUT2D eigenvalue weighted by Crippen LogP contribution is -2.54. The van der Waals surface area contributed by atoms with E-state index in [1.165, 1.54) is 4.68 Å². The number of aryl methyl sites for hydroxylation is 1. The highest BCUT2D eigenvalue weighted by Gasteiger charge is 2.28. The number of nitrogens with two attached hydrogens (primary N) is 4. The zero-order chi connectivity index (χ0) is 27.7. The summed E-state index contributed by atoms with van der Waals surface area (Å²) in [6.07, 6.45) is 1.79. The van der Waals surface area contributed by atoms with Crippen LogP contribution in [0.5, 0.6) is 0 Å². The van der Waals surface area contributed by atoms with Gasteiger partial charge in [-0.1, -0.05) is 0 Å². The van der Waals surface area contributed by atoms with Crippen LogP contribution in [0.15, 0.2) is 29.1 Å². The lowest BCUT2D eigenvalue weighted by atomic mass is 10.0. The number of hydrogen-bond donors (Lipinski definition) is 7. The largest absolute Gasteiger partial charge is 0.396 e. The van der Waals surface area contributed by atoms with Gasteiger partial charge in [0.15, 0.2) is 0 Å². The second-order valence-electron chi connectivity index (χ2n) is 10.6. The first-order valence-electron chi connectivity index (χ1n) is 13.3. The van der Waals surface area contributed by atoms with Crippen LogP contribution in [0.25, 0.3) is 5.69 Å². The summed E-state index contributed by atoms with van der Waals surface area (Å²) in [6, 6.07) is 7.01. The summed E-state index contributed by atoms with van der Waals surface area (Å²) < 4.78 is 1.47. The first-order chi connectivity index (χ1) is 18.7. The number of anilines is 4. The molecule has 3 aromatic rings. The molecule has 210 valence electrons. The Morgan fingerprint density at radius 2 is 1.41 bits per heavy atom. The Balaban J connectivity index is 1.43. The molecule has 2 saturated heterocycles. The lowest BCUT2D eigenvalue weighted by Gasteiger charge is -2.37. The minimum atomic E-state index is -0.176. The molecule has 0 saturated carbocycles.